The van der Waals surface area contributed by atoms with E-state index in [1.165, 1.54) is 0 Å². The van der Waals surface area contributed by atoms with Crippen molar-refractivity contribution in [1.29, 1.82) is 0 Å². The van der Waals surface area contributed by atoms with Crippen molar-refractivity contribution < 1.29 is 9.16 Å². The van der Waals surface area contributed by atoms with Crippen molar-refractivity contribution in [3.05, 3.63) is 12.7 Å². The molecule has 1 aliphatic heterocycles. The third-order valence-corrected chi connectivity index (χ3v) is 10.2. The van der Waals surface area contributed by atoms with Crippen LogP contribution in [0.3, 0.4) is 0 Å². The third-order valence-electron chi connectivity index (χ3n) is 5.69. The van der Waals surface area contributed by atoms with Gasteiger partial charge in [-0.1, -0.05) is 47.6 Å². The van der Waals surface area contributed by atoms with Crippen LogP contribution in [0.1, 0.15) is 60.8 Å². The summed E-state index contributed by atoms with van der Waals surface area (Å²) in [6, 6.07) is 0. The molecule has 0 bridgehead atoms. The van der Waals surface area contributed by atoms with Crippen molar-refractivity contribution in [2.24, 2.45) is 11.8 Å². The van der Waals surface area contributed by atoms with E-state index in [0.717, 1.165) is 19.3 Å². The second-order valence-corrected chi connectivity index (χ2v) is 13.4. The highest BCUT2D eigenvalue weighted by molar-refractivity contribution is 6.74. The zero-order chi connectivity index (χ0) is 17.1. The normalized spacial score (nSPS) is 31.8. The maximum Gasteiger partial charge on any atom is 0.192 e. The molecule has 0 radical (unpaired) electrons. The van der Waals surface area contributed by atoms with Gasteiger partial charge >= 0.3 is 0 Å². The molecule has 3 heteroatoms. The Morgan fingerprint density at radius 1 is 1.36 bits per heavy atom. The fourth-order valence-electron chi connectivity index (χ4n) is 3.14. The summed E-state index contributed by atoms with van der Waals surface area (Å²) in [6.45, 7) is 22.3. The second kappa shape index (κ2) is 7.63. The van der Waals surface area contributed by atoms with Gasteiger partial charge in [-0.15, -0.1) is 6.58 Å². The standard InChI is InChI=1S/C19H38O2Si/c1-10-12-14(3)18-17(13-15(4)16(11-2)20-18)21-22(8,9)19(5,6)7/h10,14-18H,1,11-13H2,2-9H3/t14-,15+,16+,17-,18-/m0/s1. The van der Waals surface area contributed by atoms with Gasteiger partial charge in [0.2, 0.25) is 0 Å². The third kappa shape index (κ3) is 4.69. The molecule has 1 rings (SSSR count). The van der Waals surface area contributed by atoms with E-state index < -0.39 is 8.32 Å². The van der Waals surface area contributed by atoms with Gasteiger partial charge in [0.05, 0.1) is 18.3 Å². The van der Waals surface area contributed by atoms with Gasteiger partial charge in [-0.05, 0) is 49.2 Å². The van der Waals surface area contributed by atoms with Crippen LogP contribution >= 0.6 is 0 Å². The van der Waals surface area contributed by atoms with E-state index in [9.17, 15) is 0 Å². The van der Waals surface area contributed by atoms with Crippen LogP contribution in [0, 0.1) is 11.8 Å². The predicted molar refractivity (Wildman–Crippen MR) is 98.8 cm³/mol. The first-order valence-corrected chi connectivity index (χ1v) is 11.9. The monoisotopic (exact) mass is 326 g/mol. The first-order valence-electron chi connectivity index (χ1n) is 8.97. The Labute approximate surface area is 139 Å². The average Bonchev–Trinajstić information content (AvgIpc) is 2.37. The number of hydrogen-bond acceptors (Lipinski definition) is 2. The van der Waals surface area contributed by atoms with Crippen LogP contribution in [0.5, 0.6) is 0 Å². The highest BCUT2D eigenvalue weighted by atomic mass is 28.4. The SMILES string of the molecule is C=CC[C@H](C)[C@@H]1O[C@H](CC)[C@H](C)C[C@@H]1O[Si](C)(C)C(C)(C)C. The molecule has 0 N–H and O–H groups in total. The molecule has 22 heavy (non-hydrogen) atoms. The number of allylic oxidation sites excluding steroid dienone is 1. The Balaban J connectivity index is 2.94. The molecule has 0 aromatic heterocycles. The van der Waals surface area contributed by atoms with E-state index in [1.807, 2.05) is 6.08 Å². The van der Waals surface area contributed by atoms with Crippen LogP contribution in [0.2, 0.25) is 18.1 Å². The number of hydrogen-bond donors (Lipinski definition) is 0. The van der Waals surface area contributed by atoms with Gasteiger partial charge in [-0.25, -0.2) is 0 Å². The molecule has 0 saturated carbocycles. The number of rotatable bonds is 6. The van der Waals surface area contributed by atoms with E-state index >= 15 is 0 Å². The van der Waals surface area contributed by atoms with Crippen LogP contribution < -0.4 is 0 Å². The maximum atomic E-state index is 6.77. The molecular weight excluding hydrogens is 288 g/mol. The molecule has 2 nitrogen and oxygen atoms in total. The summed E-state index contributed by atoms with van der Waals surface area (Å²) in [7, 11) is -1.77. The molecule has 0 spiro atoms. The van der Waals surface area contributed by atoms with Gasteiger partial charge in [0.15, 0.2) is 8.32 Å². The van der Waals surface area contributed by atoms with Gasteiger partial charge in [-0.2, -0.15) is 0 Å². The van der Waals surface area contributed by atoms with Crippen molar-refractivity contribution in [3.63, 3.8) is 0 Å². The first-order chi connectivity index (χ1) is 10.0. The van der Waals surface area contributed by atoms with Crippen molar-refractivity contribution in [2.75, 3.05) is 0 Å². The van der Waals surface area contributed by atoms with Crippen molar-refractivity contribution in [2.45, 2.75) is 97.2 Å². The van der Waals surface area contributed by atoms with Crippen LogP contribution in [0.4, 0.5) is 0 Å². The highest BCUT2D eigenvalue weighted by Crippen LogP contribution is 2.41. The molecule has 0 aromatic carbocycles. The van der Waals surface area contributed by atoms with E-state index in [2.05, 4.69) is 61.2 Å². The minimum absolute atomic E-state index is 0.202. The summed E-state index contributed by atoms with van der Waals surface area (Å²) < 4.78 is 13.2. The smallest absolute Gasteiger partial charge is 0.192 e. The van der Waals surface area contributed by atoms with Gasteiger partial charge in [0.1, 0.15) is 0 Å². The Bertz CT molecular complexity index is 359. The van der Waals surface area contributed by atoms with Gasteiger partial charge < -0.3 is 9.16 Å². The minimum Gasteiger partial charge on any atom is -0.411 e. The second-order valence-electron chi connectivity index (χ2n) is 8.68. The number of ether oxygens (including phenoxy) is 1. The molecule has 5 atom stereocenters. The Morgan fingerprint density at radius 3 is 2.41 bits per heavy atom. The Morgan fingerprint density at radius 2 is 1.95 bits per heavy atom. The fourth-order valence-corrected chi connectivity index (χ4v) is 4.48. The van der Waals surface area contributed by atoms with E-state index in [4.69, 9.17) is 9.16 Å². The average molecular weight is 327 g/mol. The lowest BCUT2D eigenvalue weighted by molar-refractivity contribution is -0.155. The minimum atomic E-state index is -1.77. The van der Waals surface area contributed by atoms with E-state index in [1.54, 1.807) is 0 Å². The zero-order valence-electron chi connectivity index (χ0n) is 16.1. The summed E-state index contributed by atoms with van der Waals surface area (Å²) >= 11 is 0. The molecule has 130 valence electrons. The van der Waals surface area contributed by atoms with Crippen LogP contribution in [-0.4, -0.2) is 26.6 Å². The Hall–Kier alpha value is -0.123. The topological polar surface area (TPSA) is 18.5 Å². The highest BCUT2D eigenvalue weighted by Gasteiger charge is 2.45. The van der Waals surface area contributed by atoms with Crippen molar-refractivity contribution in [3.8, 4) is 0 Å². The van der Waals surface area contributed by atoms with Crippen LogP contribution in [0.25, 0.3) is 0 Å². The maximum absolute atomic E-state index is 6.77. The lowest BCUT2D eigenvalue weighted by Crippen LogP contribution is -2.53. The van der Waals surface area contributed by atoms with Crippen LogP contribution in [0.15, 0.2) is 12.7 Å². The van der Waals surface area contributed by atoms with Crippen LogP contribution in [-0.2, 0) is 9.16 Å². The van der Waals surface area contributed by atoms with Gasteiger partial charge in [0.25, 0.3) is 0 Å². The van der Waals surface area contributed by atoms with Crippen molar-refractivity contribution >= 4 is 8.32 Å². The summed E-state index contributed by atoms with van der Waals surface area (Å²) in [4.78, 5) is 0. The molecule has 0 unspecified atom stereocenters. The van der Waals surface area contributed by atoms with Crippen molar-refractivity contribution in [1.82, 2.24) is 0 Å². The van der Waals surface area contributed by atoms with E-state index in [-0.39, 0.29) is 17.2 Å². The zero-order valence-corrected chi connectivity index (χ0v) is 17.1. The molecule has 1 aliphatic rings. The lowest BCUT2D eigenvalue weighted by atomic mass is 9.85. The summed E-state index contributed by atoms with van der Waals surface area (Å²) in [6.07, 6.45) is 6.02. The molecule has 1 fully saturated rings. The molecule has 0 aliphatic carbocycles. The first kappa shape index (κ1) is 19.9. The summed E-state index contributed by atoms with van der Waals surface area (Å²) in [5.41, 5.74) is 0. The quantitative estimate of drug-likeness (QED) is 0.454. The fraction of sp³-hybridized carbons (Fsp3) is 0.895. The lowest BCUT2D eigenvalue weighted by Gasteiger charge is -2.47. The summed E-state index contributed by atoms with van der Waals surface area (Å²) in [5, 5.41) is 0.240. The van der Waals surface area contributed by atoms with Gasteiger partial charge in [-0.3, -0.25) is 0 Å². The van der Waals surface area contributed by atoms with Gasteiger partial charge in [0, 0.05) is 0 Å². The molecule has 1 heterocycles. The molecular formula is C19H38O2Si. The molecule has 0 amide bonds. The molecule has 1 saturated heterocycles. The molecule has 0 aromatic rings. The Kier molecular flexibility index (Phi) is 6.91. The largest absolute Gasteiger partial charge is 0.411 e. The predicted octanol–water partition coefficient (Wildman–Crippen LogP) is 5.79. The summed E-state index contributed by atoms with van der Waals surface area (Å²) in [5.74, 6) is 1.04. The van der Waals surface area contributed by atoms with E-state index in [0.29, 0.717) is 17.9 Å².